The molecule has 0 radical (unpaired) electrons. The second-order valence-corrected chi connectivity index (χ2v) is 19.1. The number of carbonyl (C=O) groups is 1. The molecule has 1 fully saturated rings. The van der Waals surface area contributed by atoms with E-state index in [1.54, 1.807) is 0 Å². The molecule has 6 aromatic rings. The van der Waals surface area contributed by atoms with Gasteiger partial charge in [-0.3, -0.25) is 4.79 Å². The van der Waals surface area contributed by atoms with E-state index in [2.05, 4.69) is 189 Å². The average Bonchev–Trinajstić information content (AvgIpc) is 3.24. The smallest absolute Gasteiger partial charge is 0.246 e. The number of nitrogens with one attached hydrogen (secondary N) is 2. The van der Waals surface area contributed by atoms with Crippen molar-refractivity contribution in [3.8, 4) is 22.3 Å². The Kier molecular flexibility index (Phi) is 13.3. The van der Waals surface area contributed by atoms with Crippen molar-refractivity contribution in [1.82, 2.24) is 15.5 Å². The lowest BCUT2D eigenvalue weighted by molar-refractivity contribution is -0.137. The van der Waals surface area contributed by atoms with Crippen LogP contribution in [0, 0.1) is 5.41 Å². The average molecular weight is 788 g/mol. The zero-order valence-corrected chi connectivity index (χ0v) is 35.1. The van der Waals surface area contributed by atoms with Gasteiger partial charge in [-0.15, -0.1) is 0 Å². The Bertz CT molecular complexity index is 2050. The molecule has 6 aromatic carbocycles. The summed E-state index contributed by atoms with van der Waals surface area (Å²) in [5, 5.41) is 10.7. The summed E-state index contributed by atoms with van der Waals surface area (Å²) in [5.74, 6) is 0.0296. The third-order valence-electron chi connectivity index (χ3n) is 11.0. The molecular formula is C51H54N3OPS. The van der Waals surface area contributed by atoms with Crippen LogP contribution in [0.5, 0.6) is 0 Å². The molecule has 0 bridgehead atoms. The molecule has 1 aliphatic carbocycles. The SMILES string of the molecule is CC(C)(C)[C@H](NC(=S)N[C@H]1CCCC[C@@H]1P(c1ccccc1)c1ccccc1)C(=O)N(Cc1ccc(-c2ccccc2)cc1)Cc1ccc(-c2ccccc2)cc1. The molecule has 0 heterocycles. The van der Waals surface area contributed by atoms with Crippen LogP contribution in [0.15, 0.2) is 170 Å². The van der Waals surface area contributed by atoms with Crippen molar-refractivity contribution in [2.45, 2.75) is 77.3 Å². The lowest BCUT2D eigenvalue weighted by atomic mass is 9.85. The van der Waals surface area contributed by atoms with Crippen LogP contribution in [0.25, 0.3) is 22.3 Å². The molecule has 0 unspecified atom stereocenters. The van der Waals surface area contributed by atoms with E-state index in [4.69, 9.17) is 12.2 Å². The third-order valence-corrected chi connectivity index (χ3v) is 14.2. The Labute approximate surface area is 346 Å². The molecule has 1 saturated carbocycles. The Morgan fingerprint density at radius 3 is 1.46 bits per heavy atom. The predicted molar refractivity (Wildman–Crippen MR) is 245 cm³/mol. The van der Waals surface area contributed by atoms with Crippen molar-refractivity contribution >= 4 is 41.8 Å². The second-order valence-electron chi connectivity index (χ2n) is 16.2. The van der Waals surface area contributed by atoms with Gasteiger partial charge < -0.3 is 15.5 Å². The fourth-order valence-electron chi connectivity index (χ4n) is 7.99. The predicted octanol–water partition coefficient (Wildman–Crippen LogP) is 10.9. The Morgan fingerprint density at radius 2 is 1.02 bits per heavy atom. The molecule has 0 aromatic heterocycles. The van der Waals surface area contributed by atoms with E-state index < -0.39 is 19.4 Å². The molecule has 1 amide bonds. The molecule has 6 heteroatoms. The van der Waals surface area contributed by atoms with Crippen LogP contribution in [0.1, 0.15) is 57.6 Å². The van der Waals surface area contributed by atoms with Crippen LogP contribution in [-0.4, -0.2) is 33.7 Å². The van der Waals surface area contributed by atoms with Crippen molar-refractivity contribution in [2.24, 2.45) is 5.41 Å². The summed E-state index contributed by atoms with van der Waals surface area (Å²) in [5.41, 5.74) is 6.82. The molecule has 2 N–H and O–H groups in total. The summed E-state index contributed by atoms with van der Waals surface area (Å²) < 4.78 is 0. The van der Waals surface area contributed by atoms with E-state index in [9.17, 15) is 0 Å². The first-order chi connectivity index (χ1) is 27.7. The van der Waals surface area contributed by atoms with Gasteiger partial charge in [0, 0.05) is 24.8 Å². The number of hydrogen-bond donors (Lipinski definition) is 2. The first-order valence-corrected chi connectivity index (χ1v) is 22.1. The van der Waals surface area contributed by atoms with E-state index in [1.807, 2.05) is 17.0 Å². The van der Waals surface area contributed by atoms with Gasteiger partial charge in [0.05, 0.1) is 0 Å². The monoisotopic (exact) mass is 787 g/mol. The number of carbonyl (C=O) groups excluding carboxylic acids is 1. The van der Waals surface area contributed by atoms with Gasteiger partial charge in [0.1, 0.15) is 6.04 Å². The molecule has 57 heavy (non-hydrogen) atoms. The van der Waals surface area contributed by atoms with Crippen molar-refractivity contribution in [3.63, 3.8) is 0 Å². The van der Waals surface area contributed by atoms with Crippen molar-refractivity contribution in [3.05, 3.63) is 181 Å². The number of benzene rings is 6. The summed E-state index contributed by atoms with van der Waals surface area (Å²) in [6.07, 6.45) is 4.55. The van der Waals surface area contributed by atoms with Crippen LogP contribution < -0.4 is 21.2 Å². The fourth-order valence-corrected chi connectivity index (χ4v) is 11.3. The Hall–Kier alpha value is -5.09. The maximum Gasteiger partial charge on any atom is 0.246 e. The highest BCUT2D eigenvalue weighted by Gasteiger charge is 2.38. The lowest BCUT2D eigenvalue weighted by Crippen LogP contribution is -2.58. The first kappa shape index (κ1) is 40.1. The molecule has 7 rings (SSSR count). The van der Waals surface area contributed by atoms with E-state index in [1.165, 1.54) is 28.2 Å². The number of amides is 1. The highest BCUT2D eigenvalue weighted by Crippen LogP contribution is 2.46. The van der Waals surface area contributed by atoms with Crippen LogP contribution in [0.3, 0.4) is 0 Å². The summed E-state index contributed by atoms with van der Waals surface area (Å²) in [6.45, 7) is 7.33. The van der Waals surface area contributed by atoms with Gasteiger partial charge in [0.2, 0.25) is 5.91 Å². The molecule has 0 spiro atoms. The quantitative estimate of drug-likeness (QED) is 0.0958. The normalized spacial score (nSPS) is 16.1. The van der Waals surface area contributed by atoms with Gasteiger partial charge in [-0.2, -0.15) is 0 Å². The number of hydrogen-bond acceptors (Lipinski definition) is 2. The lowest BCUT2D eigenvalue weighted by Gasteiger charge is -2.40. The standard InChI is InChI=1S/C51H54N3OPS/c1-51(2,3)48(53-50(57)52-46-26-16-17-27-47(46)56(44-22-12-6-13-23-44)45-24-14-7-15-25-45)49(55)54(36-38-28-32-42(33-29-38)40-18-8-4-9-19-40)37-39-30-34-43(35-31-39)41-20-10-5-11-21-41/h4-15,18-25,28-35,46-48H,16-17,26-27,36-37H2,1-3H3,(H2,52,53,57)/t46-,47-,48+/m0/s1. The maximum atomic E-state index is 15.0. The highest BCUT2D eigenvalue weighted by atomic mass is 32.1. The fraction of sp³-hybridized carbons (Fsp3) is 0.255. The molecule has 290 valence electrons. The van der Waals surface area contributed by atoms with Crippen molar-refractivity contribution in [1.29, 1.82) is 0 Å². The summed E-state index contributed by atoms with van der Waals surface area (Å²) in [4.78, 5) is 17.0. The van der Waals surface area contributed by atoms with Gasteiger partial charge in [-0.1, -0.05) is 203 Å². The number of rotatable bonds is 12. The van der Waals surface area contributed by atoms with Gasteiger partial charge in [-0.25, -0.2) is 0 Å². The summed E-state index contributed by atoms with van der Waals surface area (Å²) in [7, 11) is -0.621. The third kappa shape index (κ3) is 10.5. The minimum atomic E-state index is -0.621. The molecule has 3 atom stereocenters. The largest absolute Gasteiger partial charge is 0.359 e. The second kappa shape index (κ2) is 18.9. The number of nitrogens with zero attached hydrogens (tertiary/aromatic N) is 1. The summed E-state index contributed by atoms with van der Waals surface area (Å²) in [6, 6.07) is 59.7. The minimum Gasteiger partial charge on any atom is -0.359 e. The van der Waals surface area contributed by atoms with E-state index in [-0.39, 0.29) is 11.9 Å². The first-order valence-electron chi connectivity index (χ1n) is 20.3. The van der Waals surface area contributed by atoms with Gasteiger partial charge in [0.15, 0.2) is 5.11 Å². The maximum absolute atomic E-state index is 15.0. The van der Waals surface area contributed by atoms with Crippen LogP contribution in [0.4, 0.5) is 0 Å². The highest BCUT2D eigenvalue weighted by molar-refractivity contribution is 7.80. The van der Waals surface area contributed by atoms with Gasteiger partial charge in [0.25, 0.3) is 0 Å². The van der Waals surface area contributed by atoms with E-state index >= 15 is 4.79 Å². The molecular weight excluding hydrogens is 734 g/mol. The zero-order valence-electron chi connectivity index (χ0n) is 33.4. The molecule has 0 saturated heterocycles. The summed E-state index contributed by atoms with van der Waals surface area (Å²) >= 11 is 6.15. The molecule has 1 aliphatic rings. The van der Waals surface area contributed by atoms with E-state index in [0.29, 0.717) is 23.9 Å². The van der Waals surface area contributed by atoms with E-state index in [0.717, 1.165) is 41.5 Å². The minimum absolute atomic E-state index is 0.0296. The van der Waals surface area contributed by atoms with Crippen molar-refractivity contribution < 1.29 is 4.79 Å². The molecule has 4 nitrogen and oxygen atoms in total. The molecule has 0 aliphatic heterocycles. The topological polar surface area (TPSA) is 44.4 Å². The van der Waals surface area contributed by atoms with Gasteiger partial charge >= 0.3 is 0 Å². The Morgan fingerprint density at radius 1 is 0.614 bits per heavy atom. The zero-order chi connectivity index (χ0) is 39.6. The Balaban J connectivity index is 1.13. The van der Waals surface area contributed by atoms with Crippen LogP contribution >= 0.6 is 20.1 Å². The number of thiocarbonyl (C=S) groups is 1. The van der Waals surface area contributed by atoms with Gasteiger partial charge in [-0.05, 0) is 82.4 Å². The van der Waals surface area contributed by atoms with Crippen LogP contribution in [0.2, 0.25) is 0 Å². The van der Waals surface area contributed by atoms with Crippen LogP contribution in [-0.2, 0) is 17.9 Å². The van der Waals surface area contributed by atoms with Crippen molar-refractivity contribution in [2.75, 3.05) is 0 Å².